The normalized spacial score (nSPS) is 25.6. The maximum Gasteiger partial charge on any atom is 0.338 e. The van der Waals surface area contributed by atoms with Crippen molar-refractivity contribution in [3.05, 3.63) is 65.7 Å². The first-order chi connectivity index (χ1) is 14.5. The maximum atomic E-state index is 13.0. The number of benzene rings is 2. The van der Waals surface area contributed by atoms with Crippen LogP contribution in [0.2, 0.25) is 0 Å². The number of nitrogen functional groups attached to an aromatic ring is 1. The lowest BCUT2D eigenvalue weighted by Crippen LogP contribution is -2.53. The van der Waals surface area contributed by atoms with Gasteiger partial charge in [-0.15, -0.1) is 0 Å². The van der Waals surface area contributed by atoms with Crippen molar-refractivity contribution in [3.8, 4) is 0 Å². The summed E-state index contributed by atoms with van der Waals surface area (Å²) in [6.45, 7) is 0.290. The summed E-state index contributed by atoms with van der Waals surface area (Å²) in [7, 11) is 2.05. The third-order valence-corrected chi connectivity index (χ3v) is 6.37. The summed E-state index contributed by atoms with van der Waals surface area (Å²) in [4.78, 5) is 27.9. The number of esters is 2. The second-order valence-electron chi connectivity index (χ2n) is 8.19. The molecule has 6 heteroatoms. The Morgan fingerprint density at radius 3 is 2.53 bits per heavy atom. The summed E-state index contributed by atoms with van der Waals surface area (Å²) in [5.74, 6) is -1.13. The Labute approximate surface area is 177 Å². The van der Waals surface area contributed by atoms with Gasteiger partial charge in [-0.2, -0.15) is 0 Å². The number of carbonyl (C=O) groups excluding carboxylic acids is 2. The lowest BCUT2D eigenvalue weighted by Gasteiger charge is -2.40. The molecule has 0 saturated carbocycles. The Kier molecular flexibility index (Phi) is 6.04. The van der Waals surface area contributed by atoms with Crippen LogP contribution in [-0.2, 0) is 20.7 Å². The van der Waals surface area contributed by atoms with Gasteiger partial charge in [0.1, 0.15) is 12.0 Å². The molecule has 6 nitrogen and oxygen atoms in total. The van der Waals surface area contributed by atoms with E-state index in [0.29, 0.717) is 36.7 Å². The van der Waals surface area contributed by atoms with Crippen LogP contribution in [0, 0.1) is 5.92 Å². The molecule has 0 amide bonds. The van der Waals surface area contributed by atoms with E-state index < -0.39 is 12.0 Å². The summed E-state index contributed by atoms with van der Waals surface area (Å²) in [6, 6.07) is 16.8. The van der Waals surface area contributed by atoms with Gasteiger partial charge in [0.15, 0.2) is 0 Å². The molecule has 4 atom stereocenters. The zero-order chi connectivity index (χ0) is 21.1. The van der Waals surface area contributed by atoms with Crippen molar-refractivity contribution in [2.45, 2.75) is 43.9 Å². The molecule has 2 aliphatic heterocycles. The van der Waals surface area contributed by atoms with Crippen molar-refractivity contribution in [2.75, 3.05) is 19.4 Å². The first-order valence-corrected chi connectivity index (χ1v) is 10.5. The summed E-state index contributed by atoms with van der Waals surface area (Å²) >= 11 is 0. The molecular formula is C24H28N2O4. The number of piperidine rings is 1. The van der Waals surface area contributed by atoms with Crippen LogP contribution in [0.4, 0.5) is 5.69 Å². The van der Waals surface area contributed by atoms with Gasteiger partial charge in [0.25, 0.3) is 0 Å². The summed E-state index contributed by atoms with van der Waals surface area (Å²) in [5, 5.41) is 0. The second kappa shape index (κ2) is 8.88. The van der Waals surface area contributed by atoms with Crippen molar-refractivity contribution in [1.29, 1.82) is 0 Å². The first-order valence-electron chi connectivity index (χ1n) is 10.5. The fourth-order valence-electron chi connectivity index (χ4n) is 4.68. The molecule has 0 radical (unpaired) electrons. The first kappa shape index (κ1) is 20.4. The number of ether oxygens (including phenoxy) is 2. The quantitative estimate of drug-likeness (QED) is 0.584. The van der Waals surface area contributed by atoms with E-state index in [-0.39, 0.29) is 18.0 Å². The predicted octanol–water partition coefficient (Wildman–Crippen LogP) is 3.06. The smallest absolute Gasteiger partial charge is 0.338 e. The lowest BCUT2D eigenvalue weighted by molar-refractivity contribution is -0.159. The molecule has 0 spiro atoms. The van der Waals surface area contributed by atoms with Crippen LogP contribution in [0.3, 0.4) is 0 Å². The van der Waals surface area contributed by atoms with Crippen LogP contribution in [0.25, 0.3) is 0 Å². The number of anilines is 1. The van der Waals surface area contributed by atoms with Crippen molar-refractivity contribution in [1.82, 2.24) is 4.90 Å². The number of rotatable bonds is 6. The van der Waals surface area contributed by atoms with E-state index in [4.69, 9.17) is 15.2 Å². The molecule has 2 saturated heterocycles. The fourth-order valence-corrected chi connectivity index (χ4v) is 4.68. The highest BCUT2D eigenvalue weighted by atomic mass is 16.6. The van der Waals surface area contributed by atoms with Gasteiger partial charge in [0.05, 0.1) is 12.2 Å². The molecule has 2 fully saturated rings. The predicted molar refractivity (Wildman–Crippen MR) is 114 cm³/mol. The van der Waals surface area contributed by atoms with Gasteiger partial charge in [-0.1, -0.05) is 30.3 Å². The van der Waals surface area contributed by atoms with Crippen molar-refractivity contribution >= 4 is 17.6 Å². The van der Waals surface area contributed by atoms with E-state index in [1.807, 2.05) is 37.4 Å². The zero-order valence-electron chi connectivity index (χ0n) is 17.2. The Hall–Kier alpha value is -2.86. The molecule has 30 heavy (non-hydrogen) atoms. The molecule has 158 valence electrons. The molecule has 1 unspecified atom stereocenters. The molecule has 0 aliphatic carbocycles. The van der Waals surface area contributed by atoms with Crippen LogP contribution in [0.5, 0.6) is 0 Å². The van der Waals surface area contributed by atoms with Gasteiger partial charge in [-0.05, 0) is 49.7 Å². The van der Waals surface area contributed by atoms with Crippen LogP contribution in [0.15, 0.2) is 54.6 Å². The molecule has 2 heterocycles. The zero-order valence-corrected chi connectivity index (χ0v) is 17.2. The average Bonchev–Trinajstić information content (AvgIpc) is 2.98. The van der Waals surface area contributed by atoms with E-state index in [0.717, 1.165) is 18.4 Å². The van der Waals surface area contributed by atoms with Crippen molar-refractivity contribution in [2.24, 2.45) is 5.92 Å². The standard InChI is InChI=1S/C24H28N2O4/c1-26-19-11-12-20(26)22(21(15-19)30-23(27)17-5-3-2-4-6-17)24(28)29-14-13-16-7-9-18(25)10-8-16/h2-10,19-22H,11-15,25H2,1H3/t19-,20?,21+,22-/m1/s1. The highest BCUT2D eigenvalue weighted by molar-refractivity contribution is 5.89. The molecule has 2 aromatic rings. The van der Waals surface area contributed by atoms with Gasteiger partial charge >= 0.3 is 11.9 Å². The Balaban J connectivity index is 1.42. The average molecular weight is 408 g/mol. The van der Waals surface area contributed by atoms with Crippen molar-refractivity contribution in [3.63, 3.8) is 0 Å². The van der Waals surface area contributed by atoms with Crippen molar-refractivity contribution < 1.29 is 19.1 Å². The number of hydrogen-bond donors (Lipinski definition) is 1. The number of nitrogens with two attached hydrogens (primary N) is 1. The minimum atomic E-state index is -0.465. The third kappa shape index (κ3) is 4.33. The van der Waals surface area contributed by atoms with Crippen LogP contribution in [0.1, 0.15) is 35.2 Å². The molecular weight excluding hydrogens is 380 g/mol. The minimum Gasteiger partial charge on any atom is -0.465 e. The molecule has 4 rings (SSSR count). The Morgan fingerprint density at radius 1 is 1.07 bits per heavy atom. The highest BCUT2D eigenvalue weighted by Gasteiger charge is 2.51. The van der Waals surface area contributed by atoms with Crippen LogP contribution in [-0.4, -0.2) is 48.7 Å². The third-order valence-electron chi connectivity index (χ3n) is 6.37. The monoisotopic (exact) mass is 408 g/mol. The fraction of sp³-hybridized carbons (Fsp3) is 0.417. The molecule has 2 bridgehead atoms. The number of hydrogen-bond acceptors (Lipinski definition) is 6. The van der Waals surface area contributed by atoms with Gasteiger partial charge in [0.2, 0.25) is 0 Å². The van der Waals surface area contributed by atoms with Gasteiger partial charge in [-0.25, -0.2) is 4.79 Å². The van der Waals surface area contributed by atoms with E-state index in [9.17, 15) is 9.59 Å². The number of fused-ring (bicyclic) bond motifs is 2. The van der Waals surface area contributed by atoms with E-state index in [2.05, 4.69) is 4.90 Å². The summed E-state index contributed by atoms with van der Waals surface area (Å²) in [5.41, 5.74) is 7.98. The largest absolute Gasteiger partial charge is 0.465 e. The van der Waals surface area contributed by atoms with Gasteiger partial charge < -0.3 is 15.2 Å². The number of carbonyl (C=O) groups is 2. The number of nitrogens with zero attached hydrogens (tertiary/aromatic N) is 1. The van der Waals surface area contributed by atoms with Crippen LogP contribution >= 0.6 is 0 Å². The van der Waals surface area contributed by atoms with E-state index in [1.54, 1.807) is 24.3 Å². The van der Waals surface area contributed by atoms with E-state index in [1.165, 1.54) is 0 Å². The molecule has 0 aromatic heterocycles. The maximum absolute atomic E-state index is 13.0. The molecule has 2 aromatic carbocycles. The Morgan fingerprint density at radius 2 is 1.80 bits per heavy atom. The van der Waals surface area contributed by atoms with Crippen LogP contribution < -0.4 is 5.73 Å². The Bertz CT molecular complexity index is 884. The second-order valence-corrected chi connectivity index (χ2v) is 8.19. The molecule has 2 aliphatic rings. The molecule has 2 N–H and O–H groups in total. The lowest BCUT2D eigenvalue weighted by atomic mass is 9.87. The highest BCUT2D eigenvalue weighted by Crippen LogP contribution is 2.40. The summed E-state index contributed by atoms with van der Waals surface area (Å²) in [6.07, 6.45) is 2.74. The van der Waals surface area contributed by atoms with Gasteiger partial charge in [0, 0.05) is 30.6 Å². The minimum absolute atomic E-state index is 0.0429. The SMILES string of the molecule is CN1C2CC[C@@H]1C[C@H](OC(=O)c1ccccc1)[C@@H]2C(=O)OCCc1ccc(N)cc1. The van der Waals surface area contributed by atoms with Gasteiger partial charge in [-0.3, -0.25) is 9.69 Å². The van der Waals surface area contributed by atoms with E-state index >= 15 is 0 Å². The topological polar surface area (TPSA) is 81.9 Å². The summed E-state index contributed by atoms with van der Waals surface area (Å²) < 4.78 is 11.5.